The molecule has 0 aliphatic rings. The fourth-order valence-electron chi connectivity index (χ4n) is 2.63. The van der Waals surface area contributed by atoms with Crippen molar-refractivity contribution in [2.24, 2.45) is 0 Å². The van der Waals surface area contributed by atoms with E-state index in [0.717, 1.165) is 47.7 Å². The Bertz CT molecular complexity index is 1090. The van der Waals surface area contributed by atoms with Crippen LogP contribution in [-0.4, -0.2) is 9.97 Å². The van der Waals surface area contributed by atoms with E-state index in [1.165, 1.54) is 0 Å². The first kappa shape index (κ1) is 20.3. The van der Waals surface area contributed by atoms with Crippen LogP contribution in [0.4, 0.5) is 0 Å². The standard InChI is InChI=1S/C23H16Cl2N2S2/c24-17-6-10-20(11-7-17)28-15-19-14-22(29-21-12-8-18(25)9-13-21)27-23(26-19)16-4-2-1-3-5-16/h1-14H,15H2. The van der Waals surface area contributed by atoms with Gasteiger partial charge in [0.05, 0.1) is 5.69 Å². The molecule has 0 aliphatic heterocycles. The molecule has 0 aliphatic carbocycles. The van der Waals surface area contributed by atoms with E-state index in [1.54, 1.807) is 23.5 Å². The number of hydrogen-bond acceptors (Lipinski definition) is 4. The Morgan fingerprint density at radius 3 is 1.97 bits per heavy atom. The summed E-state index contributed by atoms with van der Waals surface area (Å²) in [6.45, 7) is 0. The summed E-state index contributed by atoms with van der Waals surface area (Å²) in [5.41, 5.74) is 1.99. The Labute approximate surface area is 188 Å². The van der Waals surface area contributed by atoms with Gasteiger partial charge in [0.25, 0.3) is 0 Å². The lowest BCUT2D eigenvalue weighted by Gasteiger charge is -2.09. The first-order chi connectivity index (χ1) is 14.2. The number of rotatable bonds is 6. The van der Waals surface area contributed by atoms with Crippen molar-refractivity contribution in [3.8, 4) is 11.4 Å². The summed E-state index contributed by atoms with van der Waals surface area (Å²) in [4.78, 5) is 11.8. The molecule has 0 amide bonds. The lowest BCUT2D eigenvalue weighted by atomic mass is 10.2. The van der Waals surface area contributed by atoms with Crippen LogP contribution in [-0.2, 0) is 5.75 Å². The molecule has 2 nitrogen and oxygen atoms in total. The predicted octanol–water partition coefficient (Wildman–Crippen LogP) is 7.89. The molecular formula is C23H16Cl2N2S2. The van der Waals surface area contributed by atoms with Gasteiger partial charge in [0.15, 0.2) is 5.82 Å². The maximum atomic E-state index is 6.01. The maximum Gasteiger partial charge on any atom is 0.160 e. The quantitative estimate of drug-likeness (QED) is 0.218. The highest BCUT2D eigenvalue weighted by atomic mass is 35.5. The van der Waals surface area contributed by atoms with Gasteiger partial charge in [-0.3, -0.25) is 0 Å². The van der Waals surface area contributed by atoms with Crippen LogP contribution >= 0.6 is 46.7 Å². The summed E-state index contributed by atoms with van der Waals surface area (Å²) in [5.74, 6) is 1.48. The van der Waals surface area contributed by atoms with Gasteiger partial charge in [-0.1, -0.05) is 65.3 Å². The van der Waals surface area contributed by atoms with Gasteiger partial charge in [0.1, 0.15) is 5.03 Å². The van der Waals surface area contributed by atoms with Gasteiger partial charge in [0.2, 0.25) is 0 Å². The van der Waals surface area contributed by atoms with Crippen molar-refractivity contribution in [1.29, 1.82) is 0 Å². The molecule has 6 heteroatoms. The molecule has 0 bridgehead atoms. The fraction of sp³-hybridized carbons (Fsp3) is 0.0435. The highest BCUT2D eigenvalue weighted by Crippen LogP contribution is 2.31. The molecule has 0 N–H and O–H groups in total. The van der Waals surface area contributed by atoms with Crippen LogP contribution < -0.4 is 0 Å². The third-order valence-corrected chi connectivity index (χ3v) is 6.50. The number of aromatic nitrogens is 2. The lowest BCUT2D eigenvalue weighted by Crippen LogP contribution is -1.96. The fourth-order valence-corrected chi connectivity index (χ4v) is 4.51. The Hall–Kier alpha value is -1.98. The molecule has 0 saturated heterocycles. The summed E-state index contributed by atoms with van der Waals surface area (Å²) >= 11 is 15.3. The summed E-state index contributed by atoms with van der Waals surface area (Å²) in [6, 6.07) is 27.7. The van der Waals surface area contributed by atoms with Gasteiger partial charge in [-0.05, 0) is 54.6 Å². The van der Waals surface area contributed by atoms with Crippen molar-refractivity contribution in [2.75, 3.05) is 0 Å². The molecule has 1 aromatic heterocycles. The molecule has 0 saturated carbocycles. The third-order valence-electron chi connectivity index (χ3n) is 4.02. The molecule has 29 heavy (non-hydrogen) atoms. The smallest absolute Gasteiger partial charge is 0.160 e. The molecule has 0 radical (unpaired) electrons. The van der Waals surface area contributed by atoms with Crippen LogP contribution in [0.2, 0.25) is 10.0 Å². The highest BCUT2D eigenvalue weighted by molar-refractivity contribution is 7.99. The second kappa shape index (κ2) is 9.68. The molecular weight excluding hydrogens is 439 g/mol. The molecule has 0 atom stereocenters. The minimum absolute atomic E-state index is 0.724. The van der Waals surface area contributed by atoms with Gasteiger partial charge in [-0.15, -0.1) is 11.8 Å². The molecule has 0 unspecified atom stereocenters. The van der Waals surface area contributed by atoms with Crippen molar-refractivity contribution in [3.63, 3.8) is 0 Å². The summed E-state index contributed by atoms with van der Waals surface area (Å²) < 4.78 is 0. The van der Waals surface area contributed by atoms with Crippen molar-refractivity contribution >= 4 is 46.7 Å². The zero-order valence-corrected chi connectivity index (χ0v) is 18.4. The van der Waals surface area contributed by atoms with Gasteiger partial charge < -0.3 is 0 Å². The highest BCUT2D eigenvalue weighted by Gasteiger charge is 2.09. The second-order valence-corrected chi connectivity index (χ2v) is 9.20. The molecule has 3 aromatic carbocycles. The van der Waals surface area contributed by atoms with Gasteiger partial charge in [-0.25, -0.2) is 9.97 Å². The molecule has 144 valence electrons. The molecule has 1 heterocycles. The van der Waals surface area contributed by atoms with Gasteiger partial charge in [0, 0.05) is 31.2 Å². The average molecular weight is 455 g/mol. The number of halogens is 2. The van der Waals surface area contributed by atoms with Gasteiger partial charge >= 0.3 is 0 Å². The number of benzene rings is 3. The minimum Gasteiger partial charge on any atom is -0.232 e. The topological polar surface area (TPSA) is 25.8 Å². The molecule has 0 fully saturated rings. The monoisotopic (exact) mass is 454 g/mol. The molecule has 4 aromatic rings. The Morgan fingerprint density at radius 1 is 0.690 bits per heavy atom. The number of nitrogens with zero attached hydrogens (tertiary/aromatic N) is 2. The predicted molar refractivity (Wildman–Crippen MR) is 124 cm³/mol. The first-order valence-corrected chi connectivity index (χ1v) is 11.5. The normalized spacial score (nSPS) is 10.8. The Kier molecular flexibility index (Phi) is 6.78. The van der Waals surface area contributed by atoms with Crippen LogP contribution in [0.3, 0.4) is 0 Å². The Balaban J connectivity index is 1.62. The summed E-state index contributed by atoms with van der Waals surface area (Å²) in [7, 11) is 0. The van der Waals surface area contributed by atoms with E-state index in [4.69, 9.17) is 33.2 Å². The van der Waals surface area contributed by atoms with Crippen LogP contribution in [0.25, 0.3) is 11.4 Å². The van der Waals surface area contributed by atoms with E-state index in [1.807, 2.05) is 78.9 Å². The first-order valence-electron chi connectivity index (χ1n) is 8.91. The number of hydrogen-bond donors (Lipinski definition) is 0. The van der Waals surface area contributed by atoms with E-state index in [2.05, 4.69) is 6.07 Å². The van der Waals surface area contributed by atoms with Crippen molar-refractivity contribution in [1.82, 2.24) is 9.97 Å². The average Bonchev–Trinajstić information content (AvgIpc) is 2.75. The summed E-state index contributed by atoms with van der Waals surface area (Å²) in [6.07, 6.45) is 0. The van der Waals surface area contributed by atoms with Crippen LogP contribution in [0.1, 0.15) is 5.69 Å². The molecule has 0 spiro atoms. The molecule has 4 rings (SSSR count). The van der Waals surface area contributed by atoms with Crippen LogP contribution in [0.15, 0.2) is 99.7 Å². The minimum atomic E-state index is 0.724. The van der Waals surface area contributed by atoms with E-state index in [-0.39, 0.29) is 0 Å². The van der Waals surface area contributed by atoms with Crippen molar-refractivity contribution in [3.05, 3.63) is 101 Å². The van der Waals surface area contributed by atoms with Crippen molar-refractivity contribution in [2.45, 2.75) is 20.6 Å². The SMILES string of the molecule is Clc1ccc(SCc2cc(Sc3ccc(Cl)cc3)nc(-c3ccccc3)n2)cc1. The van der Waals surface area contributed by atoms with E-state index >= 15 is 0 Å². The van der Waals surface area contributed by atoms with E-state index in [0.29, 0.717) is 0 Å². The maximum absolute atomic E-state index is 6.01. The second-order valence-electron chi connectivity index (χ2n) is 6.19. The summed E-state index contributed by atoms with van der Waals surface area (Å²) in [5, 5.41) is 2.37. The van der Waals surface area contributed by atoms with E-state index in [9.17, 15) is 0 Å². The lowest BCUT2D eigenvalue weighted by molar-refractivity contribution is 1.01. The largest absolute Gasteiger partial charge is 0.232 e. The van der Waals surface area contributed by atoms with Crippen LogP contribution in [0.5, 0.6) is 0 Å². The Morgan fingerprint density at radius 2 is 1.31 bits per heavy atom. The van der Waals surface area contributed by atoms with Gasteiger partial charge in [-0.2, -0.15) is 0 Å². The third kappa shape index (κ3) is 5.77. The van der Waals surface area contributed by atoms with Crippen molar-refractivity contribution < 1.29 is 0 Å². The number of thioether (sulfide) groups is 1. The van der Waals surface area contributed by atoms with E-state index < -0.39 is 0 Å². The zero-order chi connectivity index (χ0) is 20.1. The zero-order valence-electron chi connectivity index (χ0n) is 15.3. The van der Waals surface area contributed by atoms with Crippen LogP contribution in [0, 0.1) is 0 Å².